The summed E-state index contributed by atoms with van der Waals surface area (Å²) in [5, 5.41) is 0. The Morgan fingerprint density at radius 3 is 2.71 bits per heavy atom. The number of carbonyl (C=O) groups excluding carboxylic acids is 1. The van der Waals surface area contributed by atoms with Crippen molar-refractivity contribution in [3.05, 3.63) is 57.0 Å². The fourth-order valence-electron chi connectivity index (χ4n) is 1.64. The molecule has 0 fully saturated rings. The van der Waals surface area contributed by atoms with Gasteiger partial charge in [0.05, 0.1) is 10.4 Å². The van der Waals surface area contributed by atoms with Crippen molar-refractivity contribution in [2.24, 2.45) is 0 Å². The molecule has 0 aliphatic rings. The summed E-state index contributed by atoms with van der Waals surface area (Å²) in [6.07, 6.45) is 0.897. The van der Waals surface area contributed by atoms with E-state index in [9.17, 15) is 9.18 Å². The average Bonchev–Trinajstić information content (AvgIpc) is 2.80. The summed E-state index contributed by atoms with van der Waals surface area (Å²) in [7, 11) is 0. The lowest BCUT2D eigenvalue weighted by Gasteiger charge is -2.01. The van der Waals surface area contributed by atoms with Gasteiger partial charge in [-0.15, -0.1) is 11.3 Å². The Morgan fingerprint density at radius 1 is 1.29 bits per heavy atom. The van der Waals surface area contributed by atoms with E-state index in [0.29, 0.717) is 4.88 Å². The predicted octanol–water partition coefficient (Wildman–Crippen LogP) is 3.99. The Morgan fingerprint density at radius 2 is 2.06 bits per heavy atom. The van der Waals surface area contributed by atoms with E-state index < -0.39 is 5.82 Å². The van der Waals surface area contributed by atoms with E-state index >= 15 is 0 Å². The zero-order valence-electron chi connectivity index (χ0n) is 9.79. The first-order valence-corrected chi connectivity index (χ1v) is 6.33. The summed E-state index contributed by atoms with van der Waals surface area (Å²) in [6, 6.07) is 8.30. The molecule has 0 unspecified atom stereocenters. The molecule has 1 nitrogen and oxygen atoms in total. The molecule has 1 aromatic carbocycles. The highest BCUT2D eigenvalue weighted by Gasteiger charge is 2.15. The maximum Gasteiger partial charge on any atom is 0.205 e. The fraction of sp³-hybridized carbons (Fsp3) is 0.214. The second-order valence-electron chi connectivity index (χ2n) is 3.93. The first-order valence-electron chi connectivity index (χ1n) is 5.51. The molecule has 17 heavy (non-hydrogen) atoms. The molecule has 0 atom stereocenters. The van der Waals surface area contributed by atoms with E-state index in [4.69, 9.17) is 0 Å². The summed E-state index contributed by atoms with van der Waals surface area (Å²) in [4.78, 5) is 13.9. The predicted molar refractivity (Wildman–Crippen MR) is 68.3 cm³/mol. The molecular weight excluding hydrogens is 235 g/mol. The summed E-state index contributed by atoms with van der Waals surface area (Å²) in [6.45, 7) is 3.88. The highest BCUT2D eigenvalue weighted by atomic mass is 32.1. The molecular formula is C14H13FOS. The van der Waals surface area contributed by atoms with Gasteiger partial charge in [0.25, 0.3) is 0 Å². The first kappa shape index (κ1) is 12.0. The molecule has 0 bridgehead atoms. The number of benzene rings is 1. The average molecular weight is 248 g/mol. The highest BCUT2D eigenvalue weighted by Crippen LogP contribution is 2.22. The van der Waals surface area contributed by atoms with Crippen molar-refractivity contribution in [1.29, 1.82) is 0 Å². The number of halogens is 1. The van der Waals surface area contributed by atoms with Gasteiger partial charge in [-0.1, -0.05) is 18.6 Å². The second kappa shape index (κ2) is 4.80. The monoisotopic (exact) mass is 248 g/mol. The molecule has 0 spiro atoms. The number of rotatable bonds is 3. The quantitative estimate of drug-likeness (QED) is 0.751. The number of aryl methyl sites for hydroxylation is 2. The molecule has 88 valence electrons. The van der Waals surface area contributed by atoms with Gasteiger partial charge in [-0.05, 0) is 37.6 Å². The lowest BCUT2D eigenvalue weighted by Crippen LogP contribution is -2.02. The van der Waals surface area contributed by atoms with Crippen molar-refractivity contribution in [1.82, 2.24) is 0 Å². The molecule has 1 heterocycles. The third kappa shape index (κ3) is 2.44. The van der Waals surface area contributed by atoms with E-state index in [2.05, 4.69) is 0 Å². The maximum absolute atomic E-state index is 13.6. The Hall–Kier alpha value is -1.48. The van der Waals surface area contributed by atoms with Crippen LogP contribution in [-0.2, 0) is 6.42 Å². The molecule has 0 amide bonds. The molecule has 0 radical (unpaired) electrons. The Labute approximate surface area is 104 Å². The van der Waals surface area contributed by atoms with E-state index in [1.165, 1.54) is 17.4 Å². The van der Waals surface area contributed by atoms with Crippen molar-refractivity contribution in [2.45, 2.75) is 20.3 Å². The number of hydrogen-bond donors (Lipinski definition) is 0. The van der Waals surface area contributed by atoms with Crippen LogP contribution in [0.5, 0.6) is 0 Å². The van der Waals surface area contributed by atoms with Gasteiger partial charge in [0.2, 0.25) is 5.78 Å². The molecule has 0 aliphatic heterocycles. The van der Waals surface area contributed by atoms with Crippen molar-refractivity contribution in [3.63, 3.8) is 0 Å². The van der Waals surface area contributed by atoms with Crippen LogP contribution in [0.1, 0.15) is 32.6 Å². The molecule has 0 saturated heterocycles. The van der Waals surface area contributed by atoms with Gasteiger partial charge in [0, 0.05) is 4.88 Å². The van der Waals surface area contributed by atoms with E-state index in [1.54, 1.807) is 18.2 Å². The van der Waals surface area contributed by atoms with Crippen LogP contribution in [0.25, 0.3) is 0 Å². The lowest BCUT2D eigenvalue weighted by molar-refractivity contribution is 0.103. The van der Waals surface area contributed by atoms with Gasteiger partial charge >= 0.3 is 0 Å². The van der Waals surface area contributed by atoms with Crippen LogP contribution >= 0.6 is 11.3 Å². The van der Waals surface area contributed by atoms with Crippen LogP contribution in [0.3, 0.4) is 0 Å². The first-order chi connectivity index (χ1) is 8.11. The fourth-order valence-corrected chi connectivity index (χ4v) is 2.54. The van der Waals surface area contributed by atoms with Gasteiger partial charge in [-0.2, -0.15) is 0 Å². The molecule has 0 saturated carbocycles. The minimum Gasteiger partial charge on any atom is -0.288 e. The highest BCUT2D eigenvalue weighted by molar-refractivity contribution is 7.14. The summed E-state index contributed by atoms with van der Waals surface area (Å²) < 4.78 is 13.6. The van der Waals surface area contributed by atoms with E-state index in [0.717, 1.165) is 16.9 Å². The van der Waals surface area contributed by atoms with Crippen LogP contribution < -0.4 is 0 Å². The van der Waals surface area contributed by atoms with Gasteiger partial charge in [-0.25, -0.2) is 4.39 Å². The molecule has 2 aromatic rings. The van der Waals surface area contributed by atoms with Crippen LogP contribution in [0.15, 0.2) is 30.3 Å². The van der Waals surface area contributed by atoms with Crippen LogP contribution in [0.2, 0.25) is 0 Å². The van der Waals surface area contributed by atoms with E-state index in [1.807, 2.05) is 19.9 Å². The van der Waals surface area contributed by atoms with Gasteiger partial charge in [0.15, 0.2) is 0 Å². The summed E-state index contributed by atoms with van der Waals surface area (Å²) >= 11 is 1.43. The molecule has 0 N–H and O–H groups in total. The van der Waals surface area contributed by atoms with Gasteiger partial charge in [-0.3, -0.25) is 4.79 Å². The minimum atomic E-state index is -0.452. The zero-order chi connectivity index (χ0) is 12.4. The number of hydrogen-bond acceptors (Lipinski definition) is 2. The smallest absolute Gasteiger partial charge is 0.205 e. The van der Waals surface area contributed by atoms with Crippen molar-refractivity contribution < 1.29 is 9.18 Å². The molecule has 0 aliphatic carbocycles. The SMILES string of the molecule is CCc1ccc(C(=O)c2cc(C)ccc2F)s1. The lowest BCUT2D eigenvalue weighted by atomic mass is 10.1. The van der Waals surface area contributed by atoms with Gasteiger partial charge in [0.1, 0.15) is 5.82 Å². The normalized spacial score (nSPS) is 10.5. The maximum atomic E-state index is 13.6. The number of ketones is 1. The second-order valence-corrected chi connectivity index (χ2v) is 5.10. The van der Waals surface area contributed by atoms with Crippen molar-refractivity contribution >= 4 is 17.1 Å². The van der Waals surface area contributed by atoms with Crippen LogP contribution in [-0.4, -0.2) is 5.78 Å². The van der Waals surface area contributed by atoms with E-state index in [-0.39, 0.29) is 11.3 Å². The Bertz CT molecular complexity index is 557. The topological polar surface area (TPSA) is 17.1 Å². The molecule has 2 rings (SSSR count). The Balaban J connectivity index is 2.39. The Kier molecular flexibility index (Phi) is 3.38. The third-order valence-electron chi connectivity index (χ3n) is 2.60. The van der Waals surface area contributed by atoms with Crippen LogP contribution in [0, 0.1) is 12.7 Å². The standard InChI is InChI=1S/C14H13FOS/c1-3-10-5-7-13(17-10)14(16)11-8-9(2)4-6-12(11)15/h4-8H,3H2,1-2H3. The van der Waals surface area contributed by atoms with Crippen molar-refractivity contribution in [3.8, 4) is 0 Å². The summed E-state index contributed by atoms with van der Waals surface area (Å²) in [5.74, 6) is -0.678. The third-order valence-corrected chi connectivity index (χ3v) is 3.83. The minimum absolute atomic E-state index is 0.162. The largest absolute Gasteiger partial charge is 0.288 e. The molecule has 3 heteroatoms. The zero-order valence-corrected chi connectivity index (χ0v) is 10.6. The number of thiophene rings is 1. The number of carbonyl (C=O) groups is 1. The van der Waals surface area contributed by atoms with Gasteiger partial charge < -0.3 is 0 Å². The molecule has 1 aromatic heterocycles. The van der Waals surface area contributed by atoms with Crippen molar-refractivity contribution in [2.75, 3.05) is 0 Å². The van der Waals surface area contributed by atoms with Crippen LogP contribution in [0.4, 0.5) is 4.39 Å². The summed E-state index contributed by atoms with van der Waals surface area (Å²) in [5.41, 5.74) is 1.05.